The second-order valence-electron chi connectivity index (χ2n) is 3.64. The molecule has 0 saturated carbocycles. The molecule has 0 radical (unpaired) electrons. The molecule has 0 unspecified atom stereocenters. The van der Waals surface area contributed by atoms with Crippen molar-refractivity contribution in [3.8, 4) is 5.75 Å². The van der Waals surface area contributed by atoms with Crippen molar-refractivity contribution < 1.29 is 19.5 Å². The molecule has 1 rings (SSSR count). The van der Waals surface area contributed by atoms with E-state index in [1.807, 2.05) is 0 Å². The SMILES string of the molecule is NC(=O)CN(CC(N)=O)C(=O)c1ccc(O)cc1. The number of aromatic hydroxyl groups is 1. The molecule has 0 aliphatic heterocycles. The lowest BCUT2D eigenvalue weighted by molar-refractivity contribution is -0.121. The lowest BCUT2D eigenvalue weighted by atomic mass is 10.2. The largest absolute Gasteiger partial charge is 0.508 e. The first-order valence-corrected chi connectivity index (χ1v) is 5.05. The average Bonchev–Trinajstić information content (AvgIpc) is 2.27. The van der Waals surface area contributed by atoms with E-state index in [0.29, 0.717) is 0 Å². The van der Waals surface area contributed by atoms with E-state index in [1.54, 1.807) is 0 Å². The molecule has 0 aliphatic carbocycles. The van der Waals surface area contributed by atoms with Crippen LogP contribution < -0.4 is 11.5 Å². The number of primary amides is 2. The molecule has 1 aromatic rings. The molecule has 1 aromatic carbocycles. The van der Waals surface area contributed by atoms with Crippen molar-refractivity contribution >= 4 is 17.7 Å². The van der Waals surface area contributed by atoms with Gasteiger partial charge in [0.05, 0.1) is 0 Å². The molecule has 0 aromatic heterocycles. The van der Waals surface area contributed by atoms with Crippen molar-refractivity contribution in [2.75, 3.05) is 13.1 Å². The fourth-order valence-electron chi connectivity index (χ4n) is 1.36. The van der Waals surface area contributed by atoms with E-state index in [9.17, 15) is 14.4 Å². The Balaban J connectivity index is 2.90. The monoisotopic (exact) mass is 251 g/mol. The Kier molecular flexibility index (Phi) is 4.25. The summed E-state index contributed by atoms with van der Waals surface area (Å²) in [4.78, 5) is 34.5. The minimum Gasteiger partial charge on any atom is -0.508 e. The van der Waals surface area contributed by atoms with E-state index < -0.39 is 30.8 Å². The van der Waals surface area contributed by atoms with Crippen molar-refractivity contribution in [2.24, 2.45) is 11.5 Å². The third-order valence-electron chi connectivity index (χ3n) is 2.09. The van der Waals surface area contributed by atoms with Crippen LogP contribution in [-0.4, -0.2) is 40.8 Å². The van der Waals surface area contributed by atoms with Gasteiger partial charge in [0.25, 0.3) is 5.91 Å². The van der Waals surface area contributed by atoms with Crippen LogP contribution in [0, 0.1) is 0 Å². The predicted molar refractivity (Wildman–Crippen MR) is 62.4 cm³/mol. The zero-order valence-electron chi connectivity index (χ0n) is 9.50. The highest BCUT2D eigenvalue weighted by Crippen LogP contribution is 2.11. The Hall–Kier alpha value is -2.57. The van der Waals surface area contributed by atoms with Crippen molar-refractivity contribution in [1.29, 1.82) is 0 Å². The summed E-state index contributed by atoms with van der Waals surface area (Å²) in [5.41, 5.74) is 10.2. The number of benzene rings is 1. The highest BCUT2D eigenvalue weighted by molar-refractivity contribution is 5.98. The third-order valence-corrected chi connectivity index (χ3v) is 2.09. The van der Waals surface area contributed by atoms with Crippen LogP contribution in [0.25, 0.3) is 0 Å². The molecule has 0 saturated heterocycles. The molecule has 0 bridgehead atoms. The first-order valence-electron chi connectivity index (χ1n) is 5.05. The number of carbonyl (C=O) groups excluding carboxylic acids is 3. The quantitative estimate of drug-likeness (QED) is 0.607. The minimum absolute atomic E-state index is 0.00269. The van der Waals surface area contributed by atoms with Crippen molar-refractivity contribution in [1.82, 2.24) is 4.90 Å². The summed E-state index contributed by atoms with van der Waals surface area (Å²) < 4.78 is 0. The number of hydrogen-bond donors (Lipinski definition) is 3. The summed E-state index contributed by atoms with van der Waals surface area (Å²) >= 11 is 0. The number of amides is 3. The van der Waals surface area contributed by atoms with Gasteiger partial charge in [0.2, 0.25) is 11.8 Å². The van der Waals surface area contributed by atoms with Gasteiger partial charge >= 0.3 is 0 Å². The highest BCUT2D eigenvalue weighted by Gasteiger charge is 2.19. The van der Waals surface area contributed by atoms with Gasteiger partial charge in [0, 0.05) is 5.56 Å². The first kappa shape index (κ1) is 13.5. The smallest absolute Gasteiger partial charge is 0.254 e. The molecule has 18 heavy (non-hydrogen) atoms. The van der Waals surface area contributed by atoms with Crippen LogP contribution in [0.5, 0.6) is 5.75 Å². The van der Waals surface area contributed by atoms with Gasteiger partial charge in [-0.1, -0.05) is 0 Å². The Morgan fingerprint density at radius 2 is 1.44 bits per heavy atom. The van der Waals surface area contributed by atoms with E-state index in [1.165, 1.54) is 24.3 Å². The molecular weight excluding hydrogens is 238 g/mol. The van der Waals surface area contributed by atoms with Gasteiger partial charge < -0.3 is 21.5 Å². The Morgan fingerprint density at radius 1 is 1.00 bits per heavy atom. The summed E-state index contributed by atoms with van der Waals surface area (Å²) in [5, 5.41) is 9.09. The normalized spacial score (nSPS) is 9.78. The fraction of sp³-hybridized carbons (Fsp3) is 0.182. The van der Waals surface area contributed by atoms with Crippen LogP contribution >= 0.6 is 0 Å². The van der Waals surface area contributed by atoms with Crippen LogP contribution in [-0.2, 0) is 9.59 Å². The maximum Gasteiger partial charge on any atom is 0.254 e. The molecule has 0 spiro atoms. The van der Waals surface area contributed by atoms with E-state index >= 15 is 0 Å². The average molecular weight is 251 g/mol. The first-order chi connectivity index (χ1) is 8.40. The molecule has 5 N–H and O–H groups in total. The van der Waals surface area contributed by atoms with E-state index in [0.717, 1.165) is 4.90 Å². The van der Waals surface area contributed by atoms with Gasteiger partial charge in [-0.05, 0) is 24.3 Å². The number of phenolic OH excluding ortho intramolecular Hbond substituents is 1. The summed E-state index contributed by atoms with van der Waals surface area (Å²) in [7, 11) is 0. The summed E-state index contributed by atoms with van der Waals surface area (Å²) in [5.74, 6) is -2.05. The number of phenols is 1. The fourth-order valence-corrected chi connectivity index (χ4v) is 1.36. The van der Waals surface area contributed by atoms with Gasteiger partial charge in [-0.3, -0.25) is 14.4 Å². The van der Waals surface area contributed by atoms with Gasteiger partial charge in [-0.25, -0.2) is 0 Å². The Bertz CT molecular complexity index is 454. The standard InChI is InChI=1S/C11H13N3O4/c12-9(16)5-14(6-10(13)17)11(18)7-1-3-8(15)4-2-7/h1-4,15H,5-6H2,(H2,12,16)(H2,13,17). The second-order valence-corrected chi connectivity index (χ2v) is 3.64. The zero-order chi connectivity index (χ0) is 13.7. The molecule has 0 atom stereocenters. The van der Waals surface area contributed by atoms with Gasteiger partial charge in [0.1, 0.15) is 18.8 Å². The van der Waals surface area contributed by atoms with Crippen molar-refractivity contribution in [2.45, 2.75) is 0 Å². The predicted octanol–water partition coefficient (Wildman–Crippen LogP) is -1.20. The molecule has 3 amide bonds. The molecule has 0 fully saturated rings. The number of carbonyl (C=O) groups is 3. The van der Waals surface area contributed by atoms with E-state index in [2.05, 4.69) is 0 Å². The molecule has 7 heteroatoms. The number of rotatable bonds is 5. The Labute approximate surface area is 103 Å². The number of nitrogens with two attached hydrogens (primary N) is 2. The van der Waals surface area contributed by atoms with Gasteiger partial charge in [-0.2, -0.15) is 0 Å². The van der Waals surface area contributed by atoms with Crippen molar-refractivity contribution in [3.05, 3.63) is 29.8 Å². The van der Waals surface area contributed by atoms with Crippen LogP contribution in [0.3, 0.4) is 0 Å². The number of hydrogen-bond acceptors (Lipinski definition) is 4. The van der Waals surface area contributed by atoms with Gasteiger partial charge in [0.15, 0.2) is 0 Å². The van der Waals surface area contributed by atoms with Crippen LogP contribution in [0.2, 0.25) is 0 Å². The summed E-state index contributed by atoms with van der Waals surface area (Å²) in [6, 6.07) is 5.37. The maximum atomic E-state index is 12.0. The number of nitrogens with zero attached hydrogens (tertiary/aromatic N) is 1. The topological polar surface area (TPSA) is 127 Å². The van der Waals surface area contributed by atoms with Crippen LogP contribution in [0.15, 0.2) is 24.3 Å². The molecule has 0 aliphatic rings. The molecule has 96 valence electrons. The molecule has 7 nitrogen and oxygen atoms in total. The second kappa shape index (κ2) is 5.67. The Morgan fingerprint density at radius 3 is 1.83 bits per heavy atom. The highest BCUT2D eigenvalue weighted by atomic mass is 16.3. The lowest BCUT2D eigenvalue weighted by Gasteiger charge is -2.19. The molecular formula is C11H13N3O4. The third kappa shape index (κ3) is 3.78. The lowest BCUT2D eigenvalue weighted by Crippen LogP contribution is -2.43. The summed E-state index contributed by atoms with van der Waals surface area (Å²) in [6.07, 6.45) is 0. The van der Waals surface area contributed by atoms with Gasteiger partial charge in [-0.15, -0.1) is 0 Å². The minimum atomic E-state index is -0.747. The summed E-state index contributed by atoms with van der Waals surface area (Å²) in [6.45, 7) is -0.800. The molecule has 0 heterocycles. The van der Waals surface area contributed by atoms with Crippen molar-refractivity contribution in [3.63, 3.8) is 0 Å². The maximum absolute atomic E-state index is 12.0. The van der Waals surface area contributed by atoms with Crippen LogP contribution in [0.4, 0.5) is 0 Å². The van der Waals surface area contributed by atoms with E-state index in [4.69, 9.17) is 16.6 Å². The zero-order valence-corrected chi connectivity index (χ0v) is 9.50. The van der Waals surface area contributed by atoms with E-state index in [-0.39, 0.29) is 11.3 Å². The van der Waals surface area contributed by atoms with Crippen LogP contribution in [0.1, 0.15) is 10.4 Å².